The molecular formula is C23H27N3O2. The minimum atomic E-state index is -0.0956. The summed E-state index contributed by atoms with van der Waals surface area (Å²) in [6.07, 6.45) is 2.40. The number of aryl methyl sites for hydroxylation is 1. The number of nitrogens with one attached hydrogen (secondary N) is 1. The molecule has 0 fully saturated rings. The number of carbonyl (C=O) groups excluding carboxylic acids is 1. The normalized spacial score (nSPS) is 10.9. The third-order valence-corrected chi connectivity index (χ3v) is 4.50. The predicted molar refractivity (Wildman–Crippen MR) is 111 cm³/mol. The third kappa shape index (κ3) is 4.80. The van der Waals surface area contributed by atoms with Gasteiger partial charge in [0, 0.05) is 6.54 Å². The molecule has 28 heavy (non-hydrogen) atoms. The number of nitrogens with zero attached hydrogens (tertiary/aromatic N) is 2. The Morgan fingerprint density at radius 1 is 1.11 bits per heavy atom. The van der Waals surface area contributed by atoms with E-state index in [9.17, 15) is 4.79 Å². The number of benzene rings is 2. The van der Waals surface area contributed by atoms with Gasteiger partial charge in [-0.1, -0.05) is 49.7 Å². The van der Waals surface area contributed by atoms with Crippen LogP contribution in [-0.2, 0) is 0 Å². The molecule has 3 aromatic rings. The van der Waals surface area contributed by atoms with E-state index in [0.717, 1.165) is 23.6 Å². The van der Waals surface area contributed by atoms with Gasteiger partial charge in [0.25, 0.3) is 5.91 Å². The molecule has 1 amide bonds. The fraction of sp³-hybridized carbons (Fsp3) is 0.304. The summed E-state index contributed by atoms with van der Waals surface area (Å²) in [6.45, 7) is 7.32. The van der Waals surface area contributed by atoms with Gasteiger partial charge in [0.15, 0.2) is 0 Å². The van der Waals surface area contributed by atoms with Crippen molar-refractivity contribution in [3.8, 4) is 11.4 Å². The highest BCUT2D eigenvalue weighted by atomic mass is 16.5. The van der Waals surface area contributed by atoms with E-state index in [2.05, 4.69) is 31.2 Å². The van der Waals surface area contributed by atoms with E-state index in [-0.39, 0.29) is 11.8 Å². The molecule has 0 spiro atoms. The van der Waals surface area contributed by atoms with Crippen LogP contribution in [0.3, 0.4) is 0 Å². The van der Waals surface area contributed by atoms with Gasteiger partial charge in [-0.3, -0.25) is 4.79 Å². The Labute approximate surface area is 166 Å². The van der Waals surface area contributed by atoms with Crippen LogP contribution in [0.25, 0.3) is 5.69 Å². The predicted octanol–water partition coefficient (Wildman–Crippen LogP) is 4.50. The zero-order chi connectivity index (χ0) is 19.9. The Balaban J connectivity index is 1.61. The summed E-state index contributed by atoms with van der Waals surface area (Å²) in [5.74, 6) is 0.919. The van der Waals surface area contributed by atoms with Crippen LogP contribution in [0.4, 0.5) is 0 Å². The molecule has 3 rings (SSSR count). The van der Waals surface area contributed by atoms with E-state index in [1.165, 1.54) is 5.56 Å². The van der Waals surface area contributed by atoms with Crippen LogP contribution in [0.1, 0.15) is 47.8 Å². The average molecular weight is 377 g/mol. The third-order valence-electron chi connectivity index (χ3n) is 4.50. The highest BCUT2D eigenvalue weighted by Gasteiger charge is 2.20. The summed E-state index contributed by atoms with van der Waals surface area (Å²) in [6, 6.07) is 17.8. The lowest BCUT2D eigenvalue weighted by atomic mass is 10.0. The van der Waals surface area contributed by atoms with Crippen molar-refractivity contribution < 1.29 is 9.53 Å². The van der Waals surface area contributed by atoms with Crippen LogP contribution >= 0.6 is 0 Å². The van der Waals surface area contributed by atoms with Gasteiger partial charge in [0.05, 0.1) is 29.7 Å². The fourth-order valence-electron chi connectivity index (χ4n) is 3.06. The highest BCUT2D eigenvalue weighted by molar-refractivity contribution is 5.95. The number of amides is 1. The van der Waals surface area contributed by atoms with E-state index >= 15 is 0 Å². The zero-order valence-electron chi connectivity index (χ0n) is 16.7. The number of rotatable bonds is 8. The van der Waals surface area contributed by atoms with Crippen LogP contribution in [0, 0.1) is 6.92 Å². The molecular weight excluding hydrogens is 350 g/mol. The lowest BCUT2D eigenvalue weighted by molar-refractivity contribution is 0.0950. The second-order valence-electron chi connectivity index (χ2n) is 7.12. The Morgan fingerprint density at radius 3 is 2.50 bits per heavy atom. The van der Waals surface area contributed by atoms with Gasteiger partial charge >= 0.3 is 0 Å². The molecule has 0 saturated heterocycles. The van der Waals surface area contributed by atoms with E-state index in [1.54, 1.807) is 6.20 Å². The maximum Gasteiger partial charge on any atom is 0.254 e. The maximum atomic E-state index is 12.7. The highest BCUT2D eigenvalue weighted by Crippen LogP contribution is 2.23. The molecule has 1 heterocycles. The Bertz CT molecular complexity index is 899. The average Bonchev–Trinajstić information content (AvgIpc) is 3.14. The van der Waals surface area contributed by atoms with Crippen molar-refractivity contribution in [1.29, 1.82) is 0 Å². The van der Waals surface area contributed by atoms with Crippen LogP contribution in [0.2, 0.25) is 0 Å². The number of hydrogen-bond acceptors (Lipinski definition) is 3. The lowest BCUT2D eigenvalue weighted by Gasteiger charge is -2.13. The van der Waals surface area contributed by atoms with E-state index < -0.39 is 0 Å². The van der Waals surface area contributed by atoms with E-state index in [0.29, 0.717) is 18.7 Å². The first kappa shape index (κ1) is 19.7. The molecule has 146 valence electrons. The first-order chi connectivity index (χ1) is 13.6. The molecule has 5 heteroatoms. The number of carbonyl (C=O) groups is 1. The minimum absolute atomic E-state index is 0.0956. The first-order valence-corrected chi connectivity index (χ1v) is 9.67. The Morgan fingerprint density at radius 2 is 1.82 bits per heavy atom. The van der Waals surface area contributed by atoms with Crippen molar-refractivity contribution in [3.05, 3.63) is 77.6 Å². The zero-order valence-corrected chi connectivity index (χ0v) is 16.7. The summed E-state index contributed by atoms with van der Waals surface area (Å²) in [7, 11) is 0. The van der Waals surface area contributed by atoms with Crippen molar-refractivity contribution in [2.75, 3.05) is 13.2 Å². The van der Waals surface area contributed by atoms with E-state index in [1.807, 2.05) is 59.3 Å². The fourth-order valence-corrected chi connectivity index (χ4v) is 3.06. The number of aromatic nitrogens is 2. The lowest BCUT2D eigenvalue weighted by Crippen LogP contribution is -2.26. The summed E-state index contributed by atoms with van der Waals surface area (Å²) in [5.41, 5.74) is 3.70. The van der Waals surface area contributed by atoms with Gasteiger partial charge in [0.2, 0.25) is 0 Å². The van der Waals surface area contributed by atoms with Crippen molar-refractivity contribution in [2.45, 2.75) is 33.1 Å². The second-order valence-corrected chi connectivity index (χ2v) is 7.12. The largest absolute Gasteiger partial charge is 0.494 e. The summed E-state index contributed by atoms with van der Waals surface area (Å²) >= 11 is 0. The molecule has 0 atom stereocenters. The molecule has 0 aliphatic heterocycles. The van der Waals surface area contributed by atoms with Crippen LogP contribution in [0.5, 0.6) is 5.75 Å². The monoisotopic (exact) mass is 377 g/mol. The SMILES string of the molecule is Cc1ccc(-n2ncc(C(=O)NCCCOc3ccccc3)c2C(C)C)cc1. The minimum Gasteiger partial charge on any atom is -0.494 e. The Kier molecular flexibility index (Phi) is 6.48. The molecule has 1 aromatic heterocycles. The van der Waals surface area contributed by atoms with Gasteiger partial charge < -0.3 is 10.1 Å². The summed E-state index contributed by atoms with van der Waals surface area (Å²) < 4.78 is 7.52. The smallest absolute Gasteiger partial charge is 0.254 e. The van der Waals surface area contributed by atoms with Crippen molar-refractivity contribution >= 4 is 5.91 Å². The van der Waals surface area contributed by atoms with Gasteiger partial charge in [-0.15, -0.1) is 0 Å². The first-order valence-electron chi connectivity index (χ1n) is 9.67. The van der Waals surface area contributed by atoms with Gasteiger partial charge in [-0.25, -0.2) is 4.68 Å². The molecule has 0 aliphatic rings. The quantitative estimate of drug-likeness (QED) is 0.588. The number of para-hydroxylation sites is 1. The van der Waals surface area contributed by atoms with Crippen LogP contribution in [-0.4, -0.2) is 28.8 Å². The maximum absolute atomic E-state index is 12.7. The standard InChI is InChI=1S/C23H27N3O2/c1-17(2)22-21(16-25-26(22)19-12-10-18(3)11-13-19)23(27)24-14-7-15-28-20-8-5-4-6-9-20/h4-6,8-13,16-17H,7,14-15H2,1-3H3,(H,24,27). The van der Waals surface area contributed by atoms with E-state index in [4.69, 9.17) is 4.74 Å². The number of ether oxygens (including phenoxy) is 1. The van der Waals surface area contributed by atoms with Crippen molar-refractivity contribution in [1.82, 2.24) is 15.1 Å². The molecule has 0 bridgehead atoms. The van der Waals surface area contributed by atoms with Gasteiger partial charge in [-0.2, -0.15) is 5.10 Å². The van der Waals surface area contributed by atoms with Crippen molar-refractivity contribution in [3.63, 3.8) is 0 Å². The molecule has 0 saturated carbocycles. The molecule has 0 unspecified atom stereocenters. The number of hydrogen-bond donors (Lipinski definition) is 1. The van der Waals surface area contributed by atoms with Crippen molar-refractivity contribution in [2.24, 2.45) is 0 Å². The van der Waals surface area contributed by atoms with Crippen LogP contribution < -0.4 is 10.1 Å². The molecule has 0 aliphatic carbocycles. The topological polar surface area (TPSA) is 56.2 Å². The van der Waals surface area contributed by atoms with Gasteiger partial charge in [0.1, 0.15) is 5.75 Å². The molecule has 2 aromatic carbocycles. The molecule has 5 nitrogen and oxygen atoms in total. The molecule has 1 N–H and O–H groups in total. The summed E-state index contributed by atoms with van der Waals surface area (Å²) in [4.78, 5) is 12.7. The second kappa shape index (κ2) is 9.22. The van der Waals surface area contributed by atoms with Crippen LogP contribution in [0.15, 0.2) is 60.8 Å². The summed E-state index contributed by atoms with van der Waals surface area (Å²) in [5, 5.41) is 7.46. The Hall–Kier alpha value is -3.08. The van der Waals surface area contributed by atoms with Gasteiger partial charge in [-0.05, 0) is 43.5 Å². The molecule has 0 radical (unpaired) electrons.